The predicted octanol–water partition coefficient (Wildman–Crippen LogP) is 2.65. The van der Waals surface area contributed by atoms with Crippen molar-refractivity contribution in [2.24, 2.45) is 5.41 Å². The van der Waals surface area contributed by atoms with Crippen LogP contribution in [0, 0.1) is 5.41 Å². The number of methoxy groups -OCH3 is 1. The molecule has 3 fully saturated rings. The van der Waals surface area contributed by atoms with Crippen LogP contribution in [0.5, 0.6) is 0 Å². The van der Waals surface area contributed by atoms with E-state index in [1.54, 1.807) is 14.0 Å². The molecule has 164 valence electrons. The molecule has 0 N–H and O–H groups in total. The summed E-state index contributed by atoms with van der Waals surface area (Å²) in [6.07, 6.45) is 4.83. The number of ether oxygens (including phenoxy) is 2. The average molecular weight is 415 g/mol. The number of nitrogens with zero attached hydrogens (tertiary/aromatic N) is 2. The Morgan fingerprint density at radius 2 is 1.80 bits per heavy atom. The van der Waals surface area contributed by atoms with Crippen molar-refractivity contribution in [1.82, 2.24) is 9.80 Å². The first kappa shape index (κ1) is 21.3. The van der Waals surface area contributed by atoms with Crippen LogP contribution < -0.4 is 0 Å². The number of fused-ring (bicyclic) bond motifs is 1. The van der Waals surface area contributed by atoms with Gasteiger partial charge in [-0.25, -0.2) is 0 Å². The normalized spacial score (nSPS) is 32.4. The first-order valence-corrected chi connectivity index (χ1v) is 11.2. The summed E-state index contributed by atoms with van der Waals surface area (Å²) in [6.45, 7) is 4.96. The molecule has 2 heterocycles. The zero-order chi connectivity index (χ0) is 21.3. The van der Waals surface area contributed by atoms with Crippen LogP contribution in [0.1, 0.15) is 45.1 Å². The molecule has 1 aromatic rings. The minimum Gasteiger partial charge on any atom is -0.382 e. The van der Waals surface area contributed by atoms with E-state index in [1.165, 1.54) is 5.56 Å². The van der Waals surface area contributed by atoms with Gasteiger partial charge in [0.25, 0.3) is 0 Å². The van der Waals surface area contributed by atoms with Crippen molar-refractivity contribution < 1.29 is 19.1 Å². The Bertz CT molecular complexity index is 770. The van der Waals surface area contributed by atoms with Crippen LogP contribution in [0.2, 0.25) is 0 Å². The fourth-order valence-corrected chi connectivity index (χ4v) is 6.37. The topological polar surface area (TPSA) is 59.1 Å². The van der Waals surface area contributed by atoms with Crippen LogP contribution in [0.25, 0.3) is 0 Å². The fraction of sp³-hybridized carbons (Fsp3) is 0.667. The smallest absolute Gasteiger partial charge is 0.249 e. The van der Waals surface area contributed by atoms with Gasteiger partial charge in [0.1, 0.15) is 6.61 Å². The van der Waals surface area contributed by atoms with Crippen molar-refractivity contribution in [3.05, 3.63) is 35.9 Å². The molecule has 2 aliphatic heterocycles. The van der Waals surface area contributed by atoms with Crippen molar-refractivity contribution in [1.29, 1.82) is 0 Å². The number of hydrogen-bond donors (Lipinski definition) is 0. The molecule has 1 aliphatic carbocycles. The van der Waals surface area contributed by atoms with Gasteiger partial charge < -0.3 is 19.3 Å². The third kappa shape index (κ3) is 3.65. The fourth-order valence-electron chi connectivity index (χ4n) is 6.37. The summed E-state index contributed by atoms with van der Waals surface area (Å²) in [5.41, 5.74) is 1.17. The van der Waals surface area contributed by atoms with Crippen molar-refractivity contribution in [3.63, 3.8) is 0 Å². The second-order valence-corrected chi connectivity index (χ2v) is 9.27. The molecule has 0 radical (unpaired) electrons. The Labute approximate surface area is 179 Å². The quantitative estimate of drug-likeness (QED) is 0.644. The van der Waals surface area contributed by atoms with Crippen LogP contribution in [-0.2, 0) is 25.5 Å². The van der Waals surface area contributed by atoms with E-state index in [4.69, 9.17) is 9.47 Å². The van der Waals surface area contributed by atoms with E-state index in [-0.39, 0.29) is 48.0 Å². The molecule has 6 heteroatoms. The SMILES string of the molecule is COCCOCC(=O)N1[C@H]2CCC[C@H]3N(C(C)=O)[C@@H](Cc4ccccc4)[C@@H]1C[C@@]23C. The molecular weight excluding hydrogens is 380 g/mol. The summed E-state index contributed by atoms with van der Waals surface area (Å²) < 4.78 is 10.6. The highest BCUT2D eigenvalue weighted by Gasteiger charge is 2.64. The molecule has 1 aromatic carbocycles. The number of amides is 2. The van der Waals surface area contributed by atoms with Gasteiger partial charge in [-0.2, -0.15) is 0 Å². The molecule has 0 aromatic heterocycles. The maximum atomic E-state index is 13.3. The first-order chi connectivity index (χ1) is 14.5. The number of likely N-dealkylation sites (tertiary alicyclic amines) is 2. The zero-order valence-corrected chi connectivity index (χ0v) is 18.4. The number of benzene rings is 1. The molecule has 1 saturated carbocycles. The van der Waals surface area contributed by atoms with Crippen LogP contribution in [0.15, 0.2) is 30.3 Å². The van der Waals surface area contributed by atoms with Crippen LogP contribution in [-0.4, -0.2) is 72.7 Å². The van der Waals surface area contributed by atoms with Gasteiger partial charge in [-0.1, -0.05) is 37.3 Å². The molecule has 5 atom stereocenters. The van der Waals surface area contributed by atoms with E-state index < -0.39 is 0 Å². The summed E-state index contributed by atoms with van der Waals surface area (Å²) in [6, 6.07) is 10.8. The van der Waals surface area contributed by atoms with Crippen molar-refractivity contribution in [2.75, 3.05) is 26.9 Å². The Kier molecular flexibility index (Phi) is 6.16. The Morgan fingerprint density at radius 3 is 2.47 bits per heavy atom. The Balaban J connectivity index is 1.65. The van der Waals surface area contributed by atoms with Gasteiger partial charge in [-0.05, 0) is 37.7 Å². The second-order valence-electron chi connectivity index (χ2n) is 9.27. The van der Waals surface area contributed by atoms with E-state index in [2.05, 4.69) is 28.9 Å². The van der Waals surface area contributed by atoms with Crippen LogP contribution in [0.3, 0.4) is 0 Å². The minimum absolute atomic E-state index is 0.00833. The zero-order valence-electron chi connectivity index (χ0n) is 18.4. The molecule has 2 amide bonds. The molecule has 4 rings (SSSR count). The highest BCUT2D eigenvalue weighted by molar-refractivity contribution is 5.80. The van der Waals surface area contributed by atoms with Gasteiger partial charge in [0.15, 0.2) is 0 Å². The molecule has 0 unspecified atom stereocenters. The number of piperidine rings is 1. The largest absolute Gasteiger partial charge is 0.382 e. The standard InChI is InChI=1S/C24H34N2O4/c1-17(27)25-19(14-18-8-5-4-6-9-18)20-15-24(2)21(25)10-7-11-22(24)26(20)23(28)16-30-13-12-29-3/h4-6,8-9,19-22H,7,10-16H2,1-3H3/t19-,20-,21+,22-,24+/m0/s1. The number of rotatable bonds is 7. The molecule has 2 bridgehead atoms. The van der Waals surface area contributed by atoms with Crippen molar-refractivity contribution in [3.8, 4) is 0 Å². The lowest BCUT2D eigenvalue weighted by Gasteiger charge is -2.52. The average Bonchev–Trinajstić information content (AvgIpc) is 3.04. The maximum Gasteiger partial charge on any atom is 0.249 e. The van der Waals surface area contributed by atoms with Gasteiger partial charge in [0.2, 0.25) is 11.8 Å². The summed E-state index contributed by atoms with van der Waals surface area (Å²) >= 11 is 0. The van der Waals surface area contributed by atoms with E-state index >= 15 is 0 Å². The van der Waals surface area contributed by atoms with E-state index in [1.807, 2.05) is 18.2 Å². The van der Waals surface area contributed by atoms with E-state index in [9.17, 15) is 9.59 Å². The molecular formula is C24H34N2O4. The van der Waals surface area contributed by atoms with E-state index in [0.717, 1.165) is 32.1 Å². The monoisotopic (exact) mass is 414 g/mol. The highest BCUT2D eigenvalue weighted by Crippen LogP contribution is 2.56. The third-order valence-corrected chi connectivity index (χ3v) is 7.55. The summed E-state index contributed by atoms with van der Waals surface area (Å²) in [7, 11) is 1.63. The minimum atomic E-state index is -0.0377. The molecule has 0 spiro atoms. The maximum absolute atomic E-state index is 13.3. The molecule has 3 aliphatic rings. The van der Waals surface area contributed by atoms with Gasteiger partial charge in [-0.3, -0.25) is 9.59 Å². The molecule has 30 heavy (non-hydrogen) atoms. The van der Waals surface area contributed by atoms with Gasteiger partial charge in [0, 0.05) is 31.5 Å². The number of carbonyl (C=O) groups is 2. The lowest BCUT2D eigenvalue weighted by atomic mass is 9.64. The predicted molar refractivity (Wildman–Crippen MR) is 114 cm³/mol. The molecule has 6 nitrogen and oxygen atoms in total. The summed E-state index contributed by atoms with van der Waals surface area (Å²) in [5.74, 6) is 0.178. The van der Waals surface area contributed by atoms with Gasteiger partial charge >= 0.3 is 0 Å². The van der Waals surface area contributed by atoms with Gasteiger partial charge in [0.05, 0.1) is 25.3 Å². The van der Waals surface area contributed by atoms with Gasteiger partial charge in [-0.15, -0.1) is 0 Å². The molecule has 2 saturated heterocycles. The summed E-state index contributed by atoms with van der Waals surface area (Å²) in [4.78, 5) is 30.4. The number of hydrogen-bond acceptors (Lipinski definition) is 4. The Hall–Kier alpha value is -1.92. The lowest BCUT2D eigenvalue weighted by Crippen LogP contribution is -2.62. The van der Waals surface area contributed by atoms with E-state index in [0.29, 0.717) is 13.2 Å². The summed E-state index contributed by atoms with van der Waals surface area (Å²) in [5, 5.41) is 0. The highest BCUT2D eigenvalue weighted by atomic mass is 16.5. The van der Waals surface area contributed by atoms with Crippen LogP contribution >= 0.6 is 0 Å². The van der Waals surface area contributed by atoms with Crippen molar-refractivity contribution >= 4 is 11.8 Å². The van der Waals surface area contributed by atoms with Crippen molar-refractivity contribution in [2.45, 2.75) is 70.1 Å². The second kappa shape index (κ2) is 8.67. The third-order valence-electron chi connectivity index (χ3n) is 7.55. The first-order valence-electron chi connectivity index (χ1n) is 11.2. The lowest BCUT2D eigenvalue weighted by molar-refractivity contribution is -0.144. The number of carbonyl (C=O) groups excluding carboxylic acids is 2. The Morgan fingerprint density at radius 1 is 1.10 bits per heavy atom. The van der Waals surface area contributed by atoms with Crippen LogP contribution in [0.4, 0.5) is 0 Å².